The average Bonchev–Trinajstić information content (AvgIpc) is 2.56. The minimum atomic E-state index is 0.873. The van der Waals surface area contributed by atoms with E-state index in [1.165, 1.54) is 5.69 Å². The van der Waals surface area contributed by atoms with Crippen LogP contribution in [0.1, 0.15) is 5.69 Å². The summed E-state index contributed by atoms with van der Waals surface area (Å²) in [6.45, 7) is 5.09. The zero-order valence-electron chi connectivity index (χ0n) is 12.1. The Kier molecular flexibility index (Phi) is 4.33. The van der Waals surface area contributed by atoms with E-state index >= 15 is 0 Å². The second-order valence-electron chi connectivity index (χ2n) is 5.28. The summed E-state index contributed by atoms with van der Waals surface area (Å²) in [6, 6.07) is 14.5. The lowest BCUT2D eigenvalue weighted by atomic mass is 10.2. The second-order valence-corrected chi connectivity index (χ2v) is 5.28. The Balaban J connectivity index is 1.56. The van der Waals surface area contributed by atoms with Crippen molar-refractivity contribution in [2.45, 2.75) is 6.54 Å². The Bertz CT molecular complexity index is 564. The van der Waals surface area contributed by atoms with Crippen LogP contribution in [0.25, 0.3) is 0 Å². The Labute approximate surface area is 125 Å². The predicted molar refractivity (Wildman–Crippen MR) is 86.0 cm³/mol. The van der Waals surface area contributed by atoms with Crippen LogP contribution >= 0.6 is 0 Å². The van der Waals surface area contributed by atoms with Gasteiger partial charge in [-0.1, -0.05) is 18.2 Å². The lowest BCUT2D eigenvalue weighted by Gasteiger charge is -2.36. The zero-order valence-corrected chi connectivity index (χ0v) is 12.1. The maximum atomic E-state index is 5.44. The molecule has 0 bridgehead atoms. The number of rotatable bonds is 4. The molecule has 0 amide bonds. The molecular formula is C16H21N5. The highest BCUT2D eigenvalue weighted by Gasteiger charge is 2.17. The van der Waals surface area contributed by atoms with Crippen LogP contribution in [0.15, 0.2) is 48.7 Å². The van der Waals surface area contributed by atoms with Gasteiger partial charge in [0.15, 0.2) is 0 Å². The van der Waals surface area contributed by atoms with Crippen molar-refractivity contribution in [3.63, 3.8) is 0 Å². The number of aromatic nitrogens is 1. The molecule has 5 nitrogen and oxygen atoms in total. The van der Waals surface area contributed by atoms with Crippen LogP contribution in [0.2, 0.25) is 0 Å². The fourth-order valence-electron chi connectivity index (χ4n) is 2.69. The minimum Gasteiger partial charge on any atom is -0.369 e. The largest absolute Gasteiger partial charge is 0.369 e. The van der Waals surface area contributed by atoms with E-state index in [4.69, 9.17) is 5.84 Å². The van der Waals surface area contributed by atoms with Crippen molar-refractivity contribution < 1.29 is 0 Å². The molecule has 1 aliphatic heterocycles. The van der Waals surface area contributed by atoms with Gasteiger partial charge >= 0.3 is 0 Å². The van der Waals surface area contributed by atoms with Gasteiger partial charge in [-0.2, -0.15) is 0 Å². The molecule has 0 atom stereocenters. The molecule has 1 fully saturated rings. The first kappa shape index (κ1) is 13.9. The molecule has 0 aliphatic carbocycles. The molecule has 1 aromatic carbocycles. The highest BCUT2D eigenvalue weighted by Crippen LogP contribution is 2.17. The van der Waals surface area contributed by atoms with E-state index in [1.54, 1.807) is 6.20 Å². The summed E-state index contributed by atoms with van der Waals surface area (Å²) < 4.78 is 0. The Morgan fingerprint density at radius 3 is 2.52 bits per heavy atom. The molecule has 21 heavy (non-hydrogen) atoms. The first-order chi connectivity index (χ1) is 10.3. The van der Waals surface area contributed by atoms with Crippen LogP contribution in [0, 0.1) is 0 Å². The first-order valence-corrected chi connectivity index (χ1v) is 7.29. The molecule has 2 heterocycles. The van der Waals surface area contributed by atoms with Crippen molar-refractivity contribution in [1.82, 2.24) is 9.88 Å². The lowest BCUT2D eigenvalue weighted by Crippen LogP contribution is -2.46. The molecule has 0 spiro atoms. The van der Waals surface area contributed by atoms with Crippen molar-refractivity contribution in [3.8, 4) is 0 Å². The molecule has 1 aliphatic rings. The lowest BCUT2D eigenvalue weighted by molar-refractivity contribution is 0.247. The van der Waals surface area contributed by atoms with Crippen LogP contribution in [-0.4, -0.2) is 36.1 Å². The maximum Gasteiger partial charge on any atom is 0.0564 e. The van der Waals surface area contributed by atoms with Crippen molar-refractivity contribution in [1.29, 1.82) is 0 Å². The predicted octanol–water partition coefficient (Wildman–Crippen LogP) is 1.69. The number of pyridine rings is 1. The molecule has 0 radical (unpaired) electrons. The Morgan fingerprint density at radius 1 is 1.05 bits per heavy atom. The summed E-state index contributed by atoms with van der Waals surface area (Å²) in [5.41, 5.74) is 5.94. The van der Waals surface area contributed by atoms with Crippen molar-refractivity contribution in [2.75, 3.05) is 36.5 Å². The van der Waals surface area contributed by atoms with Crippen LogP contribution in [0.5, 0.6) is 0 Å². The number of hydrogen-bond acceptors (Lipinski definition) is 5. The van der Waals surface area contributed by atoms with E-state index in [2.05, 4.69) is 50.5 Å². The van der Waals surface area contributed by atoms with Crippen LogP contribution < -0.4 is 16.2 Å². The highest BCUT2D eigenvalue weighted by atomic mass is 15.3. The van der Waals surface area contributed by atoms with Gasteiger partial charge < -0.3 is 10.3 Å². The standard InChI is InChI=1S/C16H21N5/c17-19-14-6-7-18-15(12-14)13-20-8-10-21(11-9-20)16-4-2-1-3-5-16/h1-7,12H,8-11,13,17H2,(H,18,19). The molecule has 1 aromatic heterocycles. The molecule has 5 heteroatoms. The summed E-state index contributed by atoms with van der Waals surface area (Å²) in [5.74, 6) is 5.44. The third-order valence-corrected chi connectivity index (χ3v) is 3.86. The molecule has 2 aromatic rings. The Morgan fingerprint density at radius 2 is 1.81 bits per heavy atom. The number of piperazine rings is 1. The van der Waals surface area contributed by atoms with Crippen molar-refractivity contribution in [2.24, 2.45) is 5.84 Å². The van der Waals surface area contributed by atoms with Gasteiger partial charge in [0, 0.05) is 44.6 Å². The fraction of sp³-hybridized carbons (Fsp3) is 0.312. The molecule has 0 saturated carbocycles. The number of hydrogen-bond donors (Lipinski definition) is 2. The number of nitrogens with one attached hydrogen (secondary N) is 1. The normalized spacial score (nSPS) is 16.0. The van der Waals surface area contributed by atoms with Crippen LogP contribution in [0.4, 0.5) is 11.4 Å². The van der Waals surface area contributed by atoms with E-state index in [0.717, 1.165) is 44.1 Å². The van der Waals surface area contributed by atoms with E-state index < -0.39 is 0 Å². The van der Waals surface area contributed by atoms with Gasteiger partial charge in [-0.25, -0.2) is 0 Å². The molecule has 3 rings (SSSR count). The number of nitrogens with two attached hydrogens (primary N) is 1. The number of para-hydroxylation sites is 1. The van der Waals surface area contributed by atoms with Gasteiger partial charge in [0.05, 0.1) is 11.4 Å². The molecule has 0 unspecified atom stereocenters. The third-order valence-electron chi connectivity index (χ3n) is 3.86. The number of anilines is 2. The van der Waals surface area contributed by atoms with Gasteiger partial charge in [-0.3, -0.25) is 15.7 Å². The zero-order chi connectivity index (χ0) is 14.5. The average molecular weight is 283 g/mol. The summed E-state index contributed by atoms with van der Waals surface area (Å²) in [6.07, 6.45) is 1.80. The molecular weight excluding hydrogens is 262 g/mol. The molecule has 110 valence electrons. The van der Waals surface area contributed by atoms with Gasteiger partial charge in [-0.05, 0) is 24.3 Å². The quantitative estimate of drug-likeness (QED) is 0.660. The van der Waals surface area contributed by atoms with E-state index in [1.807, 2.05) is 12.1 Å². The van der Waals surface area contributed by atoms with Crippen LogP contribution in [0.3, 0.4) is 0 Å². The fourth-order valence-corrected chi connectivity index (χ4v) is 2.69. The number of nitrogens with zero attached hydrogens (tertiary/aromatic N) is 3. The minimum absolute atomic E-state index is 0.873. The Hall–Kier alpha value is -2.11. The first-order valence-electron chi connectivity index (χ1n) is 7.29. The van der Waals surface area contributed by atoms with E-state index in [-0.39, 0.29) is 0 Å². The van der Waals surface area contributed by atoms with Crippen LogP contribution in [-0.2, 0) is 6.54 Å². The monoisotopic (exact) mass is 283 g/mol. The van der Waals surface area contributed by atoms with E-state index in [0.29, 0.717) is 0 Å². The van der Waals surface area contributed by atoms with Crippen molar-refractivity contribution >= 4 is 11.4 Å². The molecule has 1 saturated heterocycles. The van der Waals surface area contributed by atoms with Gasteiger partial charge in [0.1, 0.15) is 0 Å². The van der Waals surface area contributed by atoms with Crippen molar-refractivity contribution in [3.05, 3.63) is 54.4 Å². The maximum absolute atomic E-state index is 5.44. The van der Waals surface area contributed by atoms with Gasteiger partial charge in [-0.15, -0.1) is 0 Å². The second kappa shape index (κ2) is 6.56. The van der Waals surface area contributed by atoms with E-state index in [9.17, 15) is 0 Å². The number of benzene rings is 1. The summed E-state index contributed by atoms with van der Waals surface area (Å²) in [4.78, 5) is 9.27. The number of hydrazine groups is 1. The summed E-state index contributed by atoms with van der Waals surface area (Å²) >= 11 is 0. The summed E-state index contributed by atoms with van der Waals surface area (Å²) in [5, 5.41) is 0. The third kappa shape index (κ3) is 3.51. The smallest absolute Gasteiger partial charge is 0.0564 e. The topological polar surface area (TPSA) is 57.4 Å². The van der Waals surface area contributed by atoms with Gasteiger partial charge in [0.25, 0.3) is 0 Å². The highest BCUT2D eigenvalue weighted by molar-refractivity contribution is 5.46. The number of nitrogen functional groups attached to an aromatic ring is 1. The summed E-state index contributed by atoms with van der Waals surface area (Å²) in [7, 11) is 0. The molecule has 3 N–H and O–H groups in total. The SMILES string of the molecule is NNc1ccnc(CN2CCN(c3ccccc3)CC2)c1. The van der Waals surface area contributed by atoms with Gasteiger partial charge in [0.2, 0.25) is 0 Å².